The number of hydrogen-bond donors (Lipinski definition) is 0. The third-order valence-electron chi connectivity index (χ3n) is 24.7. The van der Waals surface area contributed by atoms with Gasteiger partial charge in [0.1, 0.15) is 0 Å². The number of rotatable bonds is 0. The molecule has 0 nitrogen and oxygen atoms in total. The fourth-order valence-corrected chi connectivity index (χ4v) is 23.8. The smallest absolute Gasteiger partial charge is 0.0318 e. The van der Waals surface area contributed by atoms with Gasteiger partial charge in [-0.2, -0.15) is 0 Å². The van der Waals surface area contributed by atoms with Crippen LogP contribution >= 0.6 is 0 Å². The van der Waals surface area contributed by atoms with E-state index in [2.05, 4.69) is 0 Å². The van der Waals surface area contributed by atoms with Gasteiger partial charge >= 0.3 is 0 Å². The first-order chi connectivity index (χ1) is 27.8. The van der Waals surface area contributed by atoms with Crippen molar-refractivity contribution in [1.82, 2.24) is 0 Å². The van der Waals surface area contributed by atoms with Crippen molar-refractivity contribution >= 4 is 0 Å². The lowest BCUT2D eigenvalue weighted by Gasteiger charge is -2.48. The highest BCUT2D eigenvalue weighted by atomic mass is 14.8. The van der Waals surface area contributed by atoms with Gasteiger partial charge in [0.25, 0.3) is 0 Å². The molecule has 0 aromatic carbocycles. The van der Waals surface area contributed by atoms with Crippen molar-refractivity contribution in [1.29, 1.82) is 0 Å². The summed E-state index contributed by atoms with van der Waals surface area (Å²) >= 11 is 0. The second-order valence-corrected chi connectivity index (χ2v) is 25.8. The fraction of sp³-hybridized carbons (Fsp3) is 1.00. The first kappa shape index (κ1) is 36.6. The highest BCUT2D eigenvalue weighted by Crippen LogP contribution is 2.79. The molecule has 12 bridgehead atoms. The monoisotopic (exact) mass is 761 g/mol. The number of hydrogen-bond acceptors (Lipinski definition) is 0. The van der Waals surface area contributed by atoms with Crippen LogP contribution in [0.25, 0.3) is 0 Å². The minimum absolute atomic E-state index is 1.19. The second kappa shape index (κ2) is 14.8. The van der Waals surface area contributed by atoms with E-state index in [1.54, 1.807) is 135 Å². The molecule has 17 aliphatic carbocycles. The van der Waals surface area contributed by atoms with Gasteiger partial charge in [-0.05, 0) is 258 Å². The van der Waals surface area contributed by atoms with E-state index >= 15 is 0 Å². The molecular weight excluding hydrogens is 673 g/mol. The van der Waals surface area contributed by atoms with E-state index in [0.29, 0.717) is 0 Å². The standard InChI is InChI=1S/C20H28.C15H22.C10H16.C6H12.C5H10/c1-2-11-12(3-1)14-7-13(11)19-15-8-16(20(14)19)18-10-5-4-9(6-10)17(15)18;1-2-10-11(3-1)13-7-12(10)14-8-4-5-9(6-8)15(13)14;1-2-9-7-4-5-8(6-7)10(9)3-1;1-2-4-6-5-3-1;1-2-4-5-3-1/h9-20H,1-8H2;8-15H,1-7H2;7-10H,1-6H2;1-6H2;1-5H2. The topological polar surface area (TPSA) is 0 Å². The maximum atomic E-state index is 1.71. The molecule has 0 radical (unpaired) electrons. The van der Waals surface area contributed by atoms with E-state index in [4.69, 9.17) is 0 Å². The van der Waals surface area contributed by atoms with Gasteiger partial charge < -0.3 is 0 Å². The number of fused-ring (bicyclic) bond motifs is 36. The van der Waals surface area contributed by atoms with Crippen LogP contribution in [0.3, 0.4) is 0 Å². The normalized spacial score (nSPS) is 60.0. The van der Waals surface area contributed by atoms with Crippen LogP contribution in [0, 0.1) is 142 Å². The van der Waals surface area contributed by atoms with Gasteiger partial charge in [-0.3, -0.25) is 0 Å². The average molecular weight is 761 g/mol. The summed E-state index contributed by atoms with van der Waals surface area (Å²) in [5, 5.41) is 0. The molecule has 0 amide bonds. The average Bonchev–Trinajstić information content (AvgIpc) is 4.09. The molecular formula is C56H88. The molecule has 17 fully saturated rings. The highest BCUT2D eigenvalue weighted by molar-refractivity contribution is 5.21. The summed E-state index contributed by atoms with van der Waals surface area (Å²) < 4.78 is 0. The second-order valence-electron chi connectivity index (χ2n) is 25.8. The maximum absolute atomic E-state index is 1.71. The zero-order valence-electron chi connectivity index (χ0n) is 36.5. The molecule has 0 heterocycles. The zero-order valence-corrected chi connectivity index (χ0v) is 36.5. The van der Waals surface area contributed by atoms with Crippen LogP contribution in [-0.4, -0.2) is 0 Å². The minimum Gasteiger partial charge on any atom is -0.0533 e. The van der Waals surface area contributed by atoms with Crippen molar-refractivity contribution in [3.8, 4) is 0 Å². The van der Waals surface area contributed by atoms with Gasteiger partial charge in [0, 0.05) is 0 Å². The molecule has 0 aromatic heterocycles. The Balaban J connectivity index is 0.0000000808. The van der Waals surface area contributed by atoms with Crippen molar-refractivity contribution in [2.75, 3.05) is 0 Å². The summed E-state index contributed by atoms with van der Waals surface area (Å²) in [6, 6.07) is 0. The van der Waals surface area contributed by atoms with Crippen LogP contribution in [0.2, 0.25) is 0 Å². The maximum Gasteiger partial charge on any atom is -0.0318 e. The zero-order chi connectivity index (χ0) is 36.5. The molecule has 56 heavy (non-hydrogen) atoms. The van der Waals surface area contributed by atoms with Crippen LogP contribution in [0.4, 0.5) is 0 Å². The molecule has 0 aromatic rings. The first-order valence-corrected chi connectivity index (χ1v) is 27.8. The fourth-order valence-electron chi connectivity index (χ4n) is 23.8. The summed E-state index contributed by atoms with van der Waals surface area (Å²) in [6.45, 7) is 0. The van der Waals surface area contributed by atoms with Crippen molar-refractivity contribution < 1.29 is 0 Å². The Bertz CT molecular complexity index is 1280. The Kier molecular flexibility index (Phi) is 9.70. The lowest BCUT2D eigenvalue weighted by atomic mass is 9.57. The van der Waals surface area contributed by atoms with E-state index in [1.807, 2.05) is 0 Å². The highest BCUT2D eigenvalue weighted by Gasteiger charge is 2.73. The van der Waals surface area contributed by atoms with Gasteiger partial charge in [-0.1, -0.05) is 89.9 Å². The predicted molar refractivity (Wildman–Crippen MR) is 232 cm³/mol. The Hall–Kier alpha value is 0. The van der Waals surface area contributed by atoms with E-state index in [1.165, 1.54) is 213 Å². The molecule has 17 rings (SSSR count). The molecule has 0 N–H and O–H groups in total. The largest absolute Gasteiger partial charge is 0.0533 e. The van der Waals surface area contributed by atoms with Crippen molar-refractivity contribution in [3.63, 3.8) is 0 Å². The molecule has 17 saturated carbocycles. The summed E-state index contributed by atoms with van der Waals surface area (Å²) in [5.41, 5.74) is 0. The molecule has 0 saturated heterocycles. The van der Waals surface area contributed by atoms with Gasteiger partial charge in [-0.25, -0.2) is 0 Å². The lowest BCUT2D eigenvalue weighted by Crippen LogP contribution is -2.44. The van der Waals surface area contributed by atoms with E-state index < -0.39 is 0 Å². The minimum atomic E-state index is 1.19. The molecule has 312 valence electrons. The molecule has 0 spiro atoms. The van der Waals surface area contributed by atoms with Gasteiger partial charge in [0.2, 0.25) is 0 Å². The van der Waals surface area contributed by atoms with Crippen molar-refractivity contribution in [2.24, 2.45) is 142 Å². The van der Waals surface area contributed by atoms with E-state index in [9.17, 15) is 0 Å². The van der Waals surface area contributed by atoms with E-state index in [0.717, 1.165) is 0 Å². The SMILES string of the molecule is C1CC2C(C1)C1CC2C2C3CC(C4C5CCC(C5)C34)C12.C1CC2C(C1)C1CC2C2C3CCC(C3)C12.C1CC2C3CCC(C3)C2C1.C1CCCC1.C1CCCCC1. The van der Waals surface area contributed by atoms with Gasteiger partial charge in [0.15, 0.2) is 0 Å². The van der Waals surface area contributed by atoms with Crippen LogP contribution in [0.5, 0.6) is 0 Å². The third kappa shape index (κ3) is 5.64. The molecule has 0 aliphatic heterocycles. The first-order valence-electron chi connectivity index (χ1n) is 27.8. The van der Waals surface area contributed by atoms with E-state index in [-0.39, 0.29) is 0 Å². The predicted octanol–water partition coefficient (Wildman–Crippen LogP) is 15.4. The summed E-state index contributed by atoms with van der Waals surface area (Å²) in [5.74, 6) is 29.4. The molecule has 24 unspecified atom stereocenters. The Morgan fingerprint density at radius 3 is 0.750 bits per heavy atom. The molecule has 0 heteroatoms. The summed E-state index contributed by atoms with van der Waals surface area (Å²) in [6.07, 6.45) is 50.6. The summed E-state index contributed by atoms with van der Waals surface area (Å²) in [7, 11) is 0. The lowest BCUT2D eigenvalue weighted by molar-refractivity contribution is -0.00685. The Labute approximate surface area is 346 Å². The Morgan fingerprint density at radius 2 is 0.393 bits per heavy atom. The van der Waals surface area contributed by atoms with Crippen LogP contribution in [0.15, 0.2) is 0 Å². The van der Waals surface area contributed by atoms with Gasteiger partial charge in [-0.15, -0.1) is 0 Å². The Morgan fingerprint density at radius 1 is 0.143 bits per heavy atom. The van der Waals surface area contributed by atoms with Crippen molar-refractivity contribution in [3.05, 3.63) is 0 Å². The van der Waals surface area contributed by atoms with Crippen LogP contribution in [0.1, 0.15) is 205 Å². The van der Waals surface area contributed by atoms with Crippen LogP contribution < -0.4 is 0 Å². The van der Waals surface area contributed by atoms with Gasteiger partial charge in [0.05, 0.1) is 0 Å². The molecule has 24 atom stereocenters. The molecule has 17 aliphatic rings. The third-order valence-corrected chi connectivity index (χ3v) is 24.7. The summed E-state index contributed by atoms with van der Waals surface area (Å²) in [4.78, 5) is 0. The van der Waals surface area contributed by atoms with Crippen molar-refractivity contribution in [2.45, 2.75) is 205 Å². The van der Waals surface area contributed by atoms with Crippen LogP contribution in [-0.2, 0) is 0 Å². The quantitative estimate of drug-likeness (QED) is 0.216.